The Morgan fingerprint density at radius 2 is 1.95 bits per heavy atom. The van der Waals surface area contributed by atoms with Gasteiger partial charge in [0.1, 0.15) is 11.3 Å². The lowest BCUT2D eigenvalue weighted by Gasteiger charge is -2.31. The van der Waals surface area contributed by atoms with E-state index in [0.717, 1.165) is 11.3 Å². The molecule has 1 N–H and O–H groups in total. The minimum Gasteiger partial charge on any atom is -0.459 e. The molecule has 1 atom stereocenters. The van der Waals surface area contributed by atoms with E-state index >= 15 is 0 Å². The number of fused-ring (bicyclic) bond motifs is 1. The molecule has 0 spiro atoms. The summed E-state index contributed by atoms with van der Waals surface area (Å²) in [5.41, 5.74) is 2.27. The summed E-state index contributed by atoms with van der Waals surface area (Å²) in [4.78, 5) is 2.40. The van der Waals surface area contributed by atoms with Gasteiger partial charge in [-0.25, -0.2) is 0 Å². The number of hydrogen-bond donors (Lipinski definition) is 1. The first-order valence-electron chi connectivity index (χ1n) is 7.58. The molecule has 1 aromatic carbocycles. The van der Waals surface area contributed by atoms with Crippen molar-refractivity contribution in [3.63, 3.8) is 0 Å². The maximum Gasteiger partial charge on any atom is 0.134 e. The van der Waals surface area contributed by atoms with Crippen LogP contribution in [0.1, 0.15) is 37.1 Å². The molecule has 0 saturated carbocycles. The zero-order valence-corrected chi connectivity index (χ0v) is 12.6. The van der Waals surface area contributed by atoms with Crippen molar-refractivity contribution in [1.29, 1.82) is 0 Å². The Labute approximate surface area is 120 Å². The fourth-order valence-corrected chi connectivity index (χ4v) is 3.21. The Morgan fingerprint density at radius 1 is 1.25 bits per heavy atom. The van der Waals surface area contributed by atoms with Gasteiger partial charge in [-0.05, 0) is 58.5 Å². The van der Waals surface area contributed by atoms with Crippen LogP contribution in [-0.4, -0.2) is 31.1 Å². The molecule has 1 aliphatic rings. The number of rotatable bonds is 3. The standard InChI is InChI=1S/C17H24N2O/c1-12-15-6-4-5-7-16(15)20-17(12)13(2)18-14-8-10-19(3)11-9-14/h4-7,13-14,18H,8-11H2,1-3H3. The molecule has 1 unspecified atom stereocenters. The van der Waals surface area contributed by atoms with E-state index in [1.807, 2.05) is 12.1 Å². The predicted octanol–water partition coefficient (Wildman–Crippen LogP) is 3.49. The van der Waals surface area contributed by atoms with Gasteiger partial charge >= 0.3 is 0 Å². The van der Waals surface area contributed by atoms with E-state index < -0.39 is 0 Å². The van der Waals surface area contributed by atoms with Crippen LogP contribution < -0.4 is 5.32 Å². The highest BCUT2D eigenvalue weighted by atomic mass is 16.3. The Bertz CT molecular complexity index is 582. The summed E-state index contributed by atoms with van der Waals surface area (Å²) < 4.78 is 6.05. The summed E-state index contributed by atoms with van der Waals surface area (Å²) in [7, 11) is 2.20. The molecule has 2 heterocycles. The molecule has 0 radical (unpaired) electrons. The molecular weight excluding hydrogens is 248 g/mol. The molecule has 2 aromatic rings. The molecule has 0 amide bonds. The molecule has 1 fully saturated rings. The van der Waals surface area contributed by atoms with E-state index in [0.29, 0.717) is 6.04 Å². The number of benzene rings is 1. The fourth-order valence-electron chi connectivity index (χ4n) is 3.21. The smallest absolute Gasteiger partial charge is 0.134 e. The van der Waals surface area contributed by atoms with Gasteiger partial charge in [-0.2, -0.15) is 0 Å². The molecule has 0 aliphatic carbocycles. The SMILES string of the molecule is Cc1c(C(C)NC2CCN(C)CC2)oc2ccccc12. The van der Waals surface area contributed by atoms with Crippen LogP contribution in [0.2, 0.25) is 0 Å². The van der Waals surface area contributed by atoms with Crippen molar-refractivity contribution in [2.24, 2.45) is 0 Å². The number of aryl methyl sites for hydroxylation is 1. The van der Waals surface area contributed by atoms with Crippen LogP contribution in [0.3, 0.4) is 0 Å². The minimum atomic E-state index is 0.274. The molecule has 108 valence electrons. The zero-order valence-electron chi connectivity index (χ0n) is 12.6. The first kappa shape index (κ1) is 13.7. The van der Waals surface area contributed by atoms with Gasteiger partial charge in [-0.3, -0.25) is 0 Å². The highest BCUT2D eigenvalue weighted by Gasteiger charge is 2.22. The Hall–Kier alpha value is -1.32. The van der Waals surface area contributed by atoms with Crippen molar-refractivity contribution in [2.75, 3.05) is 20.1 Å². The molecule has 1 aromatic heterocycles. The normalized spacial score (nSPS) is 19.6. The maximum atomic E-state index is 6.05. The number of para-hydroxylation sites is 1. The minimum absolute atomic E-state index is 0.274. The molecule has 20 heavy (non-hydrogen) atoms. The third-order valence-electron chi connectivity index (χ3n) is 4.48. The summed E-state index contributed by atoms with van der Waals surface area (Å²) in [5.74, 6) is 1.09. The summed E-state index contributed by atoms with van der Waals surface area (Å²) >= 11 is 0. The fraction of sp³-hybridized carbons (Fsp3) is 0.529. The number of furan rings is 1. The lowest BCUT2D eigenvalue weighted by atomic mass is 10.0. The highest BCUT2D eigenvalue weighted by molar-refractivity contribution is 5.82. The van der Waals surface area contributed by atoms with E-state index in [4.69, 9.17) is 4.42 Å². The topological polar surface area (TPSA) is 28.4 Å². The van der Waals surface area contributed by atoms with Crippen LogP contribution >= 0.6 is 0 Å². The maximum absolute atomic E-state index is 6.05. The van der Waals surface area contributed by atoms with E-state index in [1.165, 1.54) is 36.9 Å². The van der Waals surface area contributed by atoms with Crippen molar-refractivity contribution in [2.45, 2.75) is 38.8 Å². The van der Waals surface area contributed by atoms with Gasteiger partial charge in [-0.1, -0.05) is 18.2 Å². The summed E-state index contributed by atoms with van der Waals surface area (Å²) in [6, 6.07) is 9.17. The first-order chi connectivity index (χ1) is 9.65. The van der Waals surface area contributed by atoms with Gasteiger partial charge in [0, 0.05) is 11.4 Å². The zero-order chi connectivity index (χ0) is 14.1. The summed E-state index contributed by atoms with van der Waals surface area (Å²) in [5, 5.41) is 4.97. The van der Waals surface area contributed by atoms with Crippen molar-refractivity contribution in [3.05, 3.63) is 35.6 Å². The van der Waals surface area contributed by atoms with E-state index in [1.54, 1.807) is 0 Å². The van der Waals surface area contributed by atoms with Crippen molar-refractivity contribution >= 4 is 11.0 Å². The molecular formula is C17H24N2O. The average Bonchev–Trinajstić information content (AvgIpc) is 2.79. The average molecular weight is 272 g/mol. The van der Waals surface area contributed by atoms with Crippen molar-refractivity contribution < 1.29 is 4.42 Å². The van der Waals surface area contributed by atoms with Gasteiger partial charge in [0.15, 0.2) is 0 Å². The molecule has 3 heteroatoms. The molecule has 3 nitrogen and oxygen atoms in total. The second kappa shape index (κ2) is 5.58. The van der Waals surface area contributed by atoms with Crippen LogP contribution in [0.5, 0.6) is 0 Å². The van der Waals surface area contributed by atoms with Gasteiger partial charge in [0.2, 0.25) is 0 Å². The predicted molar refractivity (Wildman–Crippen MR) is 83.0 cm³/mol. The lowest BCUT2D eigenvalue weighted by Crippen LogP contribution is -2.41. The Kier molecular flexibility index (Phi) is 3.81. The third-order valence-corrected chi connectivity index (χ3v) is 4.48. The number of nitrogens with one attached hydrogen (secondary N) is 1. The molecule has 0 bridgehead atoms. The van der Waals surface area contributed by atoms with E-state index in [9.17, 15) is 0 Å². The monoisotopic (exact) mass is 272 g/mol. The van der Waals surface area contributed by atoms with Gasteiger partial charge in [-0.15, -0.1) is 0 Å². The van der Waals surface area contributed by atoms with Gasteiger partial charge in [0.05, 0.1) is 6.04 Å². The van der Waals surface area contributed by atoms with Gasteiger partial charge < -0.3 is 14.6 Å². The quantitative estimate of drug-likeness (QED) is 0.927. The Balaban J connectivity index is 1.75. The van der Waals surface area contributed by atoms with Crippen LogP contribution in [0.15, 0.2) is 28.7 Å². The number of hydrogen-bond acceptors (Lipinski definition) is 3. The summed E-state index contributed by atoms with van der Waals surface area (Å²) in [6.07, 6.45) is 2.44. The number of piperidine rings is 1. The number of likely N-dealkylation sites (tertiary alicyclic amines) is 1. The van der Waals surface area contributed by atoms with Crippen LogP contribution in [-0.2, 0) is 0 Å². The van der Waals surface area contributed by atoms with Crippen molar-refractivity contribution in [1.82, 2.24) is 10.2 Å². The molecule has 1 saturated heterocycles. The highest BCUT2D eigenvalue weighted by Crippen LogP contribution is 2.29. The first-order valence-corrected chi connectivity index (χ1v) is 7.58. The van der Waals surface area contributed by atoms with E-state index in [-0.39, 0.29) is 6.04 Å². The van der Waals surface area contributed by atoms with Crippen LogP contribution in [0.25, 0.3) is 11.0 Å². The van der Waals surface area contributed by atoms with Gasteiger partial charge in [0.25, 0.3) is 0 Å². The second-order valence-electron chi connectivity index (χ2n) is 6.05. The Morgan fingerprint density at radius 3 is 2.65 bits per heavy atom. The van der Waals surface area contributed by atoms with Crippen LogP contribution in [0, 0.1) is 6.92 Å². The van der Waals surface area contributed by atoms with Crippen molar-refractivity contribution in [3.8, 4) is 0 Å². The summed E-state index contributed by atoms with van der Waals surface area (Å²) in [6.45, 7) is 6.74. The van der Waals surface area contributed by atoms with E-state index in [2.05, 4.69) is 43.2 Å². The molecule has 3 rings (SSSR count). The largest absolute Gasteiger partial charge is 0.459 e. The van der Waals surface area contributed by atoms with Crippen LogP contribution in [0.4, 0.5) is 0 Å². The lowest BCUT2D eigenvalue weighted by molar-refractivity contribution is 0.222. The molecule has 1 aliphatic heterocycles. The third kappa shape index (κ3) is 2.60. The number of nitrogens with zero attached hydrogens (tertiary/aromatic N) is 1. The second-order valence-corrected chi connectivity index (χ2v) is 6.05.